The number of nitrogens with zero attached hydrogens (tertiary/aromatic N) is 2. The second-order valence-corrected chi connectivity index (χ2v) is 7.95. The third-order valence-corrected chi connectivity index (χ3v) is 5.50. The number of alkyl halides is 3. The molecule has 0 saturated heterocycles. The molecule has 0 spiro atoms. The van der Waals surface area contributed by atoms with Gasteiger partial charge in [-0.25, -0.2) is 4.68 Å². The number of hydrogen-bond acceptors (Lipinski definition) is 4. The van der Waals surface area contributed by atoms with E-state index in [1.165, 1.54) is 22.9 Å². The molecule has 0 radical (unpaired) electrons. The third kappa shape index (κ3) is 4.97. The van der Waals surface area contributed by atoms with Gasteiger partial charge in [-0.1, -0.05) is 55.5 Å². The molecule has 2 N–H and O–H groups in total. The number of amides is 2. The van der Waals surface area contributed by atoms with Gasteiger partial charge in [0.15, 0.2) is 5.69 Å². The Balaban J connectivity index is 1.58. The summed E-state index contributed by atoms with van der Waals surface area (Å²) in [4.78, 5) is 38.5. The van der Waals surface area contributed by atoms with Crippen LogP contribution in [0.4, 0.5) is 13.2 Å². The van der Waals surface area contributed by atoms with Gasteiger partial charge in [-0.15, -0.1) is 0 Å². The Kier molecular flexibility index (Phi) is 6.86. The highest BCUT2D eigenvalue weighted by molar-refractivity contribution is 6.07. The summed E-state index contributed by atoms with van der Waals surface area (Å²) in [5.41, 5.74) is 4.43. The number of halogens is 3. The summed E-state index contributed by atoms with van der Waals surface area (Å²) in [5, 5.41) is 4.85. The molecule has 0 aliphatic rings. The molecule has 184 valence electrons. The van der Waals surface area contributed by atoms with Crippen LogP contribution in [0.25, 0.3) is 21.9 Å². The summed E-state index contributed by atoms with van der Waals surface area (Å²) < 4.78 is 39.9. The molecule has 36 heavy (non-hydrogen) atoms. The predicted molar refractivity (Wildman–Crippen MR) is 128 cm³/mol. The summed E-state index contributed by atoms with van der Waals surface area (Å²) in [6.07, 6.45) is -3.85. The number of carbonyl (C=O) groups excluding carboxylic acids is 2. The van der Waals surface area contributed by atoms with Gasteiger partial charge in [0, 0.05) is 17.5 Å². The Labute approximate surface area is 203 Å². The molecule has 0 aliphatic carbocycles. The zero-order valence-corrected chi connectivity index (χ0v) is 19.1. The van der Waals surface area contributed by atoms with E-state index >= 15 is 0 Å². The van der Waals surface area contributed by atoms with Gasteiger partial charge in [-0.2, -0.15) is 18.3 Å². The molecule has 0 saturated carbocycles. The molecule has 1 aromatic heterocycles. The maximum atomic E-state index is 12.9. The maximum absolute atomic E-state index is 12.9. The molecule has 7 nitrogen and oxygen atoms in total. The summed E-state index contributed by atoms with van der Waals surface area (Å²) in [7, 11) is 0. The minimum absolute atomic E-state index is 0.0324. The van der Waals surface area contributed by atoms with Crippen molar-refractivity contribution in [1.29, 1.82) is 0 Å². The second kappa shape index (κ2) is 10.0. The standard InChI is InChI=1S/C26H21F3N4O3/c1-2-15-33-25(36)21-10-6-4-8-19(21)22(32-33)24(35)31-30-23(34)20-9-5-3-7-18(20)16-11-13-17(14-12-16)26(27,28)29/h3-14H,2,15H2,1H3,(H,30,34)(H,31,35). The number of rotatable bonds is 5. The van der Waals surface area contributed by atoms with Crippen molar-refractivity contribution in [3.05, 3.63) is 100.0 Å². The molecule has 4 rings (SSSR count). The summed E-state index contributed by atoms with van der Waals surface area (Å²) in [6.45, 7) is 2.19. The van der Waals surface area contributed by atoms with Gasteiger partial charge in [0.05, 0.1) is 10.9 Å². The number of carbonyl (C=O) groups is 2. The van der Waals surface area contributed by atoms with Crippen LogP contribution in [-0.4, -0.2) is 21.6 Å². The highest BCUT2D eigenvalue weighted by atomic mass is 19.4. The van der Waals surface area contributed by atoms with Gasteiger partial charge < -0.3 is 0 Å². The molecule has 10 heteroatoms. The van der Waals surface area contributed by atoms with Crippen LogP contribution in [0.15, 0.2) is 77.6 Å². The fourth-order valence-electron chi connectivity index (χ4n) is 3.78. The predicted octanol–water partition coefficient (Wildman–Crippen LogP) is 4.57. The minimum atomic E-state index is -4.47. The van der Waals surface area contributed by atoms with E-state index in [4.69, 9.17) is 0 Å². The molecule has 0 unspecified atom stereocenters. The molecular formula is C26H21F3N4O3. The molecule has 0 atom stereocenters. The molecule has 3 aromatic carbocycles. The molecule has 0 bridgehead atoms. The Morgan fingerprint density at radius 3 is 2.14 bits per heavy atom. The molecule has 2 amide bonds. The third-order valence-electron chi connectivity index (χ3n) is 5.50. The van der Waals surface area contributed by atoms with E-state index in [1.807, 2.05) is 6.92 Å². The first kappa shape index (κ1) is 24.6. The average Bonchev–Trinajstić information content (AvgIpc) is 2.88. The molecule has 1 heterocycles. The number of fused-ring (bicyclic) bond motifs is 1. The quantitative estimate of drug-likeness (QED) is 0.398. The van der Waals surface area contributed by atoms with Crippen LogP contribution in [0.1, 0.15) is 39.8 Å². The summed E-state index contributed by atoms with van der Waals surface area (Å²) >= 11 is 0. The SMILES string of the molecule is CCCn1nc(C(=O)NNC(=O)c2ccccc2-c2ccc(C(F)(F)F)cc2)c2ccccc2c1=O. The van der Waals surface area contributed by atoms with Crippen molar-refractivity contribution in [3.63, 3.8) is 0 Å². The van der Waals surface area contributed by atoms with Crippen molar-refractivity contribution in [1.82, 2.24) is 20.6 Å². The number of benzene rings is 3. The van der Waals surface area contributed by atoms with Crippen molar-refractivity contribution < 1.29 is 22.8 Å². The van der Waals surface area contributed by atoms with Crippen molar-refractivity contribution >= 4 is 22.6 Å². The maximum Gasteiger partial charge on any atom is 0.416 e. The highest BCUT2D eigenvalue weighted by Gasteiger charge is 2.30. The number of aryl methyl sites for hydroxylation is 1. The molecule has 0 aliphatic heterocycles. The van der Waals surface area contributed by atoms with E-state index in [-0.39, 0.29) is 16.8 Å². The fraction of sp³-hybridized carbons (Fsp3) is 0.154. The number of hydrazine groups is 1. The Morgan fingerprint density at radius 2 is 1.47 bits per heavy atom. The molecule has 0 fully saturated rings. The minimum Gasteiger partial charge on any atom is -0.267 e. The zero-order valence-electron chi connectivity index (χ0n) is 19.1. The largest absolute Gasteiger partial charge is 0.416 e. The normalized spacial score (nSPS) is 11.3. The lowest BCUT2D eigenvalue weighted by atomic mass is 9.98. The summed E-state index contributed by atoms with van der Waals surface area (Å²) in [5.74, 6) is -1.40. The Morgan fingerprint density at radius 1 is 0.861 bits per heavy atom. The summed E-state index contributed by atoms with van der Waals surface area (Å²) in [6, 6.07) is 17.3. The van der Waals surface area contributed by atoms with Crippen LogP contribution in [0, 0.1) is 0 Å². The van der Waals surface area contributed by atoms with Crippen molar-refractivity contribution in [3.8, 4) is 11.1 Å². The number of nitrogens with one attached hydrogen (secondary N) is 2. The van der Waals surface area contributed by atoms with Crippen LogP contribution in [0.5, 0.6) is 0 Å². The second-order valence-electron chi connectivity index (χ2n) is 7.95. The van der Waals surface area contributed by atoms with E-state index < -0.39 is 23.6 Å². The zero-order chi connectivity index (χ0) is 25.9. The smallest absolute Gasteiger partial charge is 0.267 e. The van der Waals surface area contributed by atoms with Gasteiger partial charge in [0.1, 0.15) is 0 Å². The first-order valence-corrected chi connectivity index (χ1v) is 11.1. The van der Waals surface area contributed by atoms with Gasteiger partial charge >= 0.3 is 6.18 Å². The average molecular weight is 494 g/mol. The fourth-order valence-corrected chi connectivity index (χ4v) is 3.78. The lowest BCUT2D eigenvalue weighted by molar-refractivity contribution is -0.137. The first-order valence-electron chi connectivity index (χ1n) is 11.1. The lowest BCUT2D eigenvalue weighted by Crippen LogP contribution is -2.43. The van der Waals surface area contributed by atoms with Crippen molar-refractivity contribution in [2.75, 3.05) is 0 Å². The van der Waals surface area contributed by atoms with Crippen LogP contribution in [0.3, 0.4) is 0 Å². The van der Waals surface area contributed by atoms with Crippen molar-refractivity contribution in [2.24, 2.45) is 0 Å². The van der Waals surface area contributed by atoms with Crippen LogP contribution in [0.2, 0.25) is 0 Å². The van der Waals surface area contributed by atoms with Crippen molar-refractivity contribution in [2.45, 2.75) is 26.1 Å². The topological polar surface area (TPSA) is 93.1 Å². The molecular weight excluding hydrogens is 473 g/mol. The van der Waals surface area contributed by atoms with Gasteiger partial charge in [0.25, 0.3) is 17.4 Å². The molecule has 4 aromatic rings. The Bertz CT molecular complexity index is 1500. The van der Waals surface area contributed by atoms with E-state index in [1.54, 1.807) is 42.5 Å². The van der Waals surface area contributed by atoms with E-state index in [2.05, 4.69) is 16.0 Å². The van der Waals surface area contributed by atoms with Gasteiger partial charge in [-0.05, 0) is 41.8 Å². The van der Waals surface area contributed by atoms with E-state index in [9.17, 15) is 27.6 Å². The number of hydrogen-bond donors (Lipinski definition) is 2. The van der Waals surface area contributed by atoms with Gasteiger partial charge in [0.2, 0.25) is 0 Å². The van der Waals surface area contributed by atoms with E-state index in [0.29, 0.717) is 34.9 Å². The monoisotopic (exact) mass is 494 g/mol. The highest BCUT2D eigenvalue weighted by Crippen LogP contribution is 2.31. The van der Waals surface area contributed by atoms with Crippen LogP contribution >= 0.6 is 0 Å². The van der Waals surface area contributed by atoms with Crippen LogP contribution < -0.4 is 16.4 Å². The Hall–Kier alpha value is -4.47. The van der Waals surface area contributed by atoms with Crippen LogP contribution in [-0.2, 0) is 12.7 Å². The lowest BCUT2D eigenvalue weighted by Gasteiger charge is -2.13. The van der Waals surface area contributed by atoms with E-state index in [0.717, 1.165) is 12.1 Å². The first-order chi connectivity index (χ1) is 17.2. The number of aromatic nitrogens is 2. The van der Waals surface area contributed by atoms with Gasteiger partial charge in [-0.3, -0.25) is 25.2 Å².